The van der Waals surface area contributed by atoms with Crippen molar-refractivity contribution in [2.24, 2.45) is 0 Å². The largest absolute Gasteiger partial charge is 0.382 e. The lowest BCUT2D eigenvalue weighted by atomic mass is 10.2. The minimum atomic E-state index is -0.133. The van der Waals surface area contributed by atoms with Crippen molar-refractivity contribution in [3.05, 3.63) is 4.88 Å². The SMILES string of the molecule is CCNc1nc(N)c(C(=O)NCCCCN(C)C(C)C)s1. The molecule has 0 unspecified atom stereocenters. The molecule has 0 radical (unpaired) electrons. The molecular weight excluding hydrogens is 286 g/mol. The summed E-state index contributed by atoms with van der Waals surface area (Å²) in [5.41, 5.74) is 5.77. The molecule has 1 amide bonds. The van der Waals surface area contributed by atoms with Crippen LogP contribution in [0.3, 0.4) is 0 Å². The molecule has 1 aromatic heterocycles. The topological polar surface area (TPSA) is 83.3 Å². The average molecular weight is 313 g/mol. The maximum Gasteiger partial charge on any atom is 0.265 e. The minimum absolute atomic E-state index is 0.133. The molecular formula is C14H27N5OS. The third kappa shape index (κ3) is 5.89. The molecule has 1 aromatic rings. The van der Waals surface area contributed by atoms with E-state index in [4.69, 9.17) is 5.73 Å². The summed E-state index contributed by atoms with van der Waals surface area (Å²) in [6.07, 6.45) is 2.03. The van der Waals surface area contributed by atoms with Gasteiger partial charge in [0.05, 0.1) is 0 Å². The molecule has 0 saturated heterocycles. The lowest BCUT2D eigenvalue weighted by molar-refractivity contribution is 0.0957. The van der Waals surface area contributed by atoms with Crippen molar-refractivity contribution in [2.75, 3.05) is 37.7 Å². The molecule has 0 aliphatic rings. The van der Waals surface area contributed by atoms with Gasteiger partial charge in [0.1, 0.15) is 10.7 Å². The summed E-state index contributed by atoms with van der Waals surface area (Å²) in [6, 6.07) is 0.557. The van der Waals surface area contributed by atoms with E-state index in [-0.39, 0.29) is 5.91 Å². The Balaban J connectivity index is 2.31. The number of rotatable bonds is 9. The van der Waals surface area contributed by atoms with Gasteiger partial charge in [0.2, 0.25) is 0 Å². The van der Waals surface area contributed by atoms with Crippen molar-refractivity contribution >= 4 is 28.2 Å². The monoisotopic (exact) mass is 313 g/mol. The number of carbonyl (C=O) groups excluding carboxylic acids is 1. The number of amides is 1. The van der Waals surface area contributed by atoms with Gasteiger partial charge in [-0.2, -0.15) is 0 Å². The minimum Gasteiger partial charge on any atom is -0.382 e. The van der Waals surface area contributed by atoms with Crippen LogP contribution < -0.4 is 16.4 Å². The standard InChI is InChI=1S/C14H27N5OS/c1-5-16-14-18-12(15)11(21-14)13(20)17-8-6-7-9-19(4)10(2)3/h10H,5-9,15H2,1-4H3,(H,16,18)(H,17,20). The molecule has 0 atom stereocenters. The third-order valence-corrected chi connectivity index (χ3v) is 4.32. The second-order valence-corrected chi connectivity index (χ2v) is 6.30. The first-order valence-electron chi connectivity index (χ1n) is 7.44. The Bertz CT molecular complexity index is 447. The highest BCUT2D eigenvalue weighted by Gasteiger charge is 2.15. The smallest absolute Gasteiger partial charge is 0.265 e. The molecule has 0 aliphatic carbocycles. The molecule has 0 spiro atoms. The third-order valence-electron chi connectivity index (χ3n) is 3.29. The van der Waals surface area contributed by atoms with Crippen molar-refractivity contribution < 1.29 is 4.79 Å². The second kappa shape index (κ2) is 8.84. The van der Waals surface area contributed by atoms with E-state index in [2.05, 4.69) is 41.4 Å². The fraction of sp³-hybridized carbons (Fsp3) is 0.714. The number of hydrogen-bond acceptors (Lipinski definition) is 6. The van der Waals surface area contributed by atoms with Crippen LogP contribution in [0.4, 0.5) is 10.9 Å². The maximum absolute atomic E-state index is 12.0. The Morgan fingerprint density at radius 2 is 2.14 bits per heavy atom. The molecule has 4 N–H and O–H groups in total. The van der Waals surface area contributed by atoms with Gasteiger partial charge in [-0.05, 0) is 47.2 Å². The van der Waals surface area contributed by atoms with Gasteiger partial charge >= 0.3 is 0 Å². The van der Waals surface area contributed by atoms with Crippen LogP contribution in [-0.4, -0.2) is 48.5 Å². The number of nitrogen functional groups attached to an aromatic ring is 1. The molecule has 1 rings (SSSR count). The normalized spacial score (nSPS) is 11.1. The van der Waals surface area contributed by atoms with Crippen LogP contribution in [0.1, 0.15) is 43.3 Å². The summed E-state index contributed by atoms with van der Waals surface area (Å²) in [4.78, 5) is 18.9. The summed E-state index contributed by atoms with van der Waals surface area (Å²) in [7, 11) is 2.11. The van der Waals surface area contributed by atoms with Crippen molar-refractivity contribution in [2.45, 2.75) is 39.7 Å². The van der Waals surface area contributed by atoms with Crippen LogP contribution in [-0.2, 0) is 0 Å². The van der Waals surface area contributed by atoms with E-state index in [1.165, 1.54) is 11.3 Å². The van der Waals surface area contributed by atoms with Gasteiger partial charge in [-0.25, -0.2) is 4.98 Å². The number of thiazole rings is 1. The zero-order chi connectivity index (χ0) is 15.8. The van der Waals surface area contributed by atoms with Crippen LogP contribution in [0.2, 0.25) is 0 Å². The molecule has 0 aliphatic heterocycles. The second-order valence-electron chi connectivity index (χ2n) is 5.30. The molecule has 7 heteroatoms. The van der Waals surface area contributed by atoms with E-state index >= 15 is 0 Å². The summed E-state index contributed by atoms with van der Waals surface area (Å²) in [5.74, 6) is 0.166. The van der Waals surface area contributed by atoms with E-state index in [0.29, 0.717) is 28.4 Å². The van der Waals surface area contributed by atoms with E-state index in [9.17, 15) is 4.79 Å². The van der Waals surface area contributed by atoms with E-state index in [1.807, 2.05) is 6.92 Å². The highest BCUT2D eigenvalue weighted by Crippen LogP contribution is 2.24. The first kappa shape index (κ1) is 17.7. The predicted molar refractivity (Wildman–Crippen MR) is 90.0 cm³/mol. The van der Waals surface area contributed by atoms with Crippen LogP contribution in [0.25, 0.3) is 0 Å². The number of hydrogen-bond donors (Lipinski definition) is 3. The van der Waals surface area contributed by atoms with Crippen molar-refractivity contribution in [3.63, 3.8) is 0 Å². The molecule has 120 valence electrons. The molecule has 0 bridgehead atoms. The van der Waals surface area contributed by atoms with Crippen LogP contribution in [0.5, 0.6) is 0 Å². The quantitative estimate of drug-likeness (QED) is 0.607. The van der Waals surface area contributed by atoms with Gasteiger partial charge in [0.25, 0.3) is 5.91 Å². The Kier molecular flexibility index (Phi) is 7.45. The van der Waals surface area contributed by atoms with Crippen LogP contribution in [0.15, 0.2) is 0 Å². The van der Waals surface area contributed by atoms with E-state index in [1.54, 1.807) is 0 Å². The zero-order valence-corrected chi connectivity index (χ0v) is 14.2. The lowest BCUT2D eigenvalue weighted by Crippen LogP contribution is -2.29. The Labute approximate surface area is 131 Å². The molecule has 0 saturated carbocycles. The average Bonchev–Trinajstić information content (AvgIpc) is 2.79. The van der Waals surface area contributed by atoms with Gasteiger partial charge < -0.3 is 21.3 Å². The number of nitrogens with one attached hydrogen (secondary N) is 2. The highest BCUT2D eigenvalue weighted by atomic mass is 32.1. The Morgan fingerprint density at radius 1 is 1.43 bits per heavy atom. The first-order valence-corrected chi connectivity index (χ1v) is 8.26. The van der Waals surface area contributed by atoms with Gasteiger partial charge in [0.15, 0.2) is 5.13 Å². The fourth-order valence-electron chi connectivity index (χ4n) is 1.75. The lowest BCUT2D eigenvalue weighted by Gasteiger charge is -2.20. The van der Waals surface area contributed by atoms with Crippen LogP contribution >= 0.6 is 11.3 Å². The van der Waals surface area contributed by atoms with Gasteiger partial charge in [-0.1, -0.05) is 11.3 Å². The number of nitrogens with two attached hydrogens (primary N) is 1. The summed E-state index contributed by atoms with van der Waals surface area (Å²) < 4.78 is 0. The molecule has 0 fully saturated rings. The zero-order valence-electron chi connectivity index (χ0n) is 13.4. The first-order chi connectivity index (χ1) is 9.95. The molecule has 0 aromatic carbocycles. The number of carbonyl (C=O) groups is 1. The number of nitrogens with zero attached hydrogens (tertiary/aromatic N) is 2. The Hall–Kier alpha value is -1.34. The molecule has 21 heavy (non-hydrogen) atoms. The number of unbranched alkanes of at least 4 members (excludes halogenated alkanes) is 1. The van der Waals surface area contributed by atoms with Gasteiger partial charge in [-0.3, -0.25) is 4.79 Å². The number of anilines is 2. The van der Waals surface area contributed by atoms with Crippen LogP contribution in [0, 0.1) is 0 Å². The molecule has 1 heterocycles. The maximum atomic E-state index is 12.0. The van der Waals surface area contributed by atoms with Crippen molar-refractivity contribution in [1.29, 1.82) is 0 Å². The fourth-order valence-corrected chi connectivity index (χ4v) is 2.62. The summed E-state index contributed by atoms with van der Waals surface area (Å²) >= 11 is 1.30. The Morgan fingerprint density at radius 3 is 2.76 bits per heavy atom. The highest BCUT2D eigenvalue weighted by molar-refractivity contribution is 7.18. The van der Waals surface area contributed by atoms with Gasteiger partial charge in [-0.15, -0.1) is 0 Å². The summed E-state index contributed by atoms with van der Waals surface area (Å²) in [5, 5.41) is 6.66. The van der Waals surface area contributed by atoms with Crippen molar-refractivity contribution in [1.82, 2.24) is 15.2 Å². The van der Waals surface area contributed by atoms with E-state index in [0.717, 1.165) is 25.9 Å². The molecule has 6 nitrogen and oxygen atoms in total. The van der Waals surface area contributed by atoms with E-state index < -0.39 is 0 Å². The predicted octanol–water partition coefficient (Wildman–Crippen LogP) is 2.01. The van der Waals surface area contributed by atoms with Crippen molar-refractivity contribution in [3.8, 4) is 0 Å². The van der Waals surface area contributed by atoms with Gasteiger partial charge in [0, 0.05) is 19.1 Å². The number of aromatic nitrogens is 1. The summed E-state index contributed by atoms with van der Waals surface area (Å²) in [6.45, 7) is 8.80.